The van der Waals surface area contributed by atoms with Crippen molar-refractivity contribution in [3.8, 4) is 0 Å². The zero-order valence-corrected chi connectivity index (χ0v) is 11.8. The molecule has 0 aromatic carbocycles. The van der Waals surface area contributed by atoms with Gasteiger partial charge in [0.15, 0.2) is 0 Å². The van der Waals surface area contributed by atoms with Crippen molar-refractivity contribution < 1.29 is 29.4 Å². The third-order valence-electron chi connectivity index (χ3n) is 2.69. The van der Waals surface area contributed by atoms with E-state index in [4.69, 9.17) is 10.2 Å². The number of carboxylic acid groups (broad SMARTS) is 2. The molecule has 0 aliphatic rings. The lowest BCUT2D eigenvalue weighted by Crippen LogP contribution is -2.17. The Bertz CT molecular complexity index is 393. The molecule has 6 heteroatoms. The maximum atomic E-state index is 11.5. The van der Waals surface area contributed by atoms with Gasteiger partial charge in [-0.2, -0.15) is 0 Å². The lowest BCUT2D eigenvalue weighted by Gasteiger charge is -2.08. The van der Waals surface area contributed by atoms with Gasteiger partial charge in [0.05, 0.1) is 11.1 Å². The lowest BCUT2D eigenvalue weighted by molar-refractivity contribution is -0.137. The quantitative estimate of drug-likeness (QED) is 0.594. The number of rotatable bonds is 10. The summed E-state index contributed by atoms with van der Waals surface area (Å²) in [5, 5.41) is 18.1. The normalized spacial score (nSPS) is 11.7. The van der Waals surface area contributed by atoms with Crippen molar-refractivity contribution in [1.82, 2.24) is 0 Å². The van der Waals surface area contributed by atoms with Crippen LogP contribution in [-0.2, 0) is 19.2 Å². The van der Waals surface area contributed by atoms with Gasteiger partial charge >= 0.3 is 11.9 Å². The smallest absolute Gasteiger partial charge is 0.332 e. The molecule has 2 N–H and O–H groups in total. The van der Waals surface area contributed by atoms with Crippen LogP contribution in [0, 0.1) is 0 Å². The molecule has 0 radical (unpaired) electrons. The van der Waals surface area contributed by atoms with E-state index in [9.17, 15) is 19.2 Å². The molecule has 0 amide bonds. The predicted octanol–water partition coefficient (Wildman–Crippen LogP) is 1.97. The second-order valence-electron chi connectivity index (χ2n) is 4.50. The molecular weight excluding hydrogens is 264 g/mol. The summed E-state index contributed by atoms with van der Waals surface area (Å²) in [5.74, 6) is -3.61. The standard InChI is InChI=1S/C14H20O6/c1-3-5-9(15)7-11(13(17)18)12(14(19)20)8-10(16)6-4-2/h3-8H2,1-2H3,(H,17,18)(H,19,20)/b12-11+. The molecule has 6 nitrogen and oxygen atoms in total. The van der Waals surface area contributed by atoms with Gasteiger partial charge < -0.3 is 10.2 Å². The van der Waals surface area contributed by atoms with Crippen LogP contribution in [-0.4, -0.2) is 33.7 Å². The molecule has 0 saturated carbocycles. The summed E-state index contributed by atoms with van der Waals surface area (Å²) in [4.78, 5) is 45.3. The summed E-state index contributed by atoms with van der Waals surface area (Å²) in [6.07, 6.45) is 0.583. The highest BCUT2D eigenvalue weighted by molar-refractivity contribution is 6.05. The molecule has 0 saturated heterocycles. The first kappa shape index (κ1) is 18.0. The number of Topliss-reactive ketones (excluding diaryl/α,β-unsaturated/α-hetero) is 2. The summed E-state index contributed by atoms with van der Waals surface area (Å²) in [7, 11) is 0. The van der Waals surface area contributed by atoms with Crippen molar-refractivity contribution in [2.45, 2.75) is 52.4 Å². The maximum Gasteiger partial charge on any atom is 0.332 e. The second-order valence-corrected chi connectivity index (χ2v) is 4.50. The van der Waals surface area contributed by atoms with Crippen LogP contribution in [0.2, 0.25) is 0 Å². The van der Waals surface area contributed by atoms with Crippen molar-refractivity contribution in [2.75, 3.05) is 0 Å². The number of ketones is 2. The van der Waals surface area contributed by atoms with Crippen LogP contribution in [0.3, 0.4) is 0 Å². The van der Waals surface area contributed by atoms with Crippen molar-refractivity contribution in [1.29, 1.82) is 0 Å². The molecule has 0 unspecified atom stereocenters. The third kappa shape index (κ3) is 6.26. The van der Waals surface area contributed by atoms with Gasteiger partial charge in [-0.1, -0.05) is 13.8 Å². The van der Waals surface area contributed by atoms with Gasteiger partial charge in [-0.3, -0.25) is 9.59 Å². The maximum absolute atomic E-state index is 11.5. The van der Waals surface area contributed by atoms with E-state index in [0.29, 0.717) is 12.8 Å². The first-order chi connectivity index (χ1) is 9.33. The minimum Gasteiger partial charge on any atom is -0.478 e. The molecule has 0 aliphatic heterocycles. The minimum absolute atomic E-state index is 0.187. The molecule has 0 atom stereocenters. The average Bonchev–Trinajstić information content (AvgIpc) is 2.33. The van der Waals surface area contributed by atoms with Crippen LogP contribution in [0.25, 0.3) is 0 Å². The Balaban J connectivity index is 5.34. The molecule has 0 bridgehead atoms. The summed E-state index contributed by atoms with van der Waals surface area (Å²) in [5.41, 5.74) is -0.971. The van der Waals surface area contributed by atoms with E-state index in [1.807, 2.05) is 0 Å². The molecule has 0 rings (SSSR count). The Morgan fingerprint density at radius 2 is 1.00 bits per heavy atom. The molecule has 0 aliphatic carbocycles. The largest absolute Gasteiger partial charge is 0.478 e. The fourth-order valence-corrected chi connectivity index (χ4v) is 1.75. The van der Waals surface area contributed by atoms with E-state index in [1.165, 1.54) is 0 Å². The Labute approximate surface area is 117 Å². The molecular formula is C14H20O6. The fraction of sp³-hybridized carbons (Fsp3) is 0.571. The summed E-state index contributed by atoms with van der Waals surface area (Å²) in [6.45, 7) is 3.54. The number of aliphatic carboxylic acids is 2. The Morgan fingerprint density at radius 1 is 0.700 bits per heavy atom. The van der Waals surface area contributed by atoms with E-state index in [2.05, 4.69) is 0 Å². The van der Waals surface area contributed by atoms with Gasteiger partial charge in [0.1, 0.15) is 11.6 Å². The van der Waals surface area contributed by atoms with E-state index in [0.717, 1.165) is 0 Å². The summed E-state index contributed by atoms with van der Waals surface area (Å²) < 4.78 is 0. The van der Waals surface area contributed by atoms with E-state index in [-0.39, 0.29) is 24.4 Å². The Kier molecular flexibility index (Phi) is 8.12. The van der Waals surface area contributed by atoms with E-state index in [1.54, 1.807) is 13.8 Å². The number of hydrogen-bond donors (Lipinski definition) is 2. The number of carboxylic acids is 2. The van der Waals surface area contributed by atoms with Crippen molar-refractivity contribution >= 4 is 23.5 Å². The zero-order chi connectivity index (χ0) is 15.7. The van der Waals surface area contributed by atoms with Crippen LogP contribution < -0.4 is 0 Å². The summed E-state index contributed by atoms with van der Waals surface area (Å²) >= 11 is 0. The predicted molar refractivity (Wildman–Crippen MR) is 71.4 cm³/mol. The number of hydrogen-bond acceptors (Lipinski definition) is 4. The van der Waals surface area contributed by atoms with Gasteiger partial charge in [0, 0.05) is 25.7 Å². The second kappa shape index (κ2) is 9.01. The van der Waals surface area contributed by atoms with Crippen LogP contribution in [0.1, 0.15) is 52.4 Å². The van der Waals surface area contributed by atoms with Gasteiger partial charge in [-0.15, -0.1) is 0 Å². The summed E-state index contributed by atoms with van der Waals surface area (Å²) in [6, 6.07) is 0. The van der Waals surface area contributed by atoms with Crippen molar-refractivity contribution in [2.24, 2.45) is 0 Å². The molecule has 112 valence electrons. The van der Waals surface area contributed by atoms with Gasteiger partial charge in [-0.05, 0) is 12.8 Å². The highest BCUT2D eigenvalue weighted by Gasteiger charge is 2.24. The van der Waals surface area contributed by atoms with Crippen LogP contribution >= 0.6 is 0 Å². The zero-order valence-electron chi connectivity index (χ0n) is 11.8. The molecule has 0 fully saturated rings. The number of carbonyl (C=O) groups is 4. The molecule has 0 aromatic rings. The molecule has 0 aromatic heterocycles. The topological polar surface area (TPSA) is 109 Å². The average molecular weight is 284 g/mol. The van der Waals surface area contributed by atoms with Crippen molar-refractivity contribution in [3.05, 3.63) is 11.1 Å². The van der Waals surface area contributed by atoms with Gasteiger partial charge in [0.25, 0.3) is 0 Å². The first-order valence-corrected chi connectivity index (χ1v) is 6.55. The van der Waals surface area contributed by atoms with Crippen LogP contribution in [0.15, 0.2) is 11.1 Å². The van der Waals surface area contributed by atoms with Gasteiger partial charge in [0.2, 0.25) is 0 Å². The Morgan fingerprint density at radius 3 is 1.20 bits per heavy atom. The SMILES string of the molecule is CCCC(=O)C/C(C(=O)O)=C(/CC(=O)CCC)C(=O)O. The number of carbonyl (C=O) groups excluding carboxylic acids is 2. The van der Waals surface area contributed by atoms with Crippen molar-refractivity contribution in [3.63, 3.8) is 0 Å². The monoisotopic (exact) mass is 284 g/mol. The minimum atomic E-state index is -1.46. The van der Waals surface area contributed by atoms with Gasteiger partial charge in [-0.25, -0.2) is 9.59 Å². The Hall–Kier alpha value is -1.98. The molecule has 0 heterocycles. The highest BCUT2D eigenvalue weighted by atomic mass is 16.4. The van der Waals surface area contributed by atoms with E-state index >= 15 is 0 Å². The van der Waals surface area contributed by atoms with Crippen LogP contribution in [0.4, 0.5) is 0 Å². The van der Waals surface area contributed by atoms with E-state index < -0.39 is 35.9 Å². The van der Waals surface area contributed by atoms with Crippen LogP contribution in [0.5, 0.6) is 0 Å². The first-order valence-electron chi connectivity index (χ1n) is 6.55. The molecule has 20 heavy (non-hydrogen) atoms. The molecule has 0 spiro atoms. The fourth-order valence-electron chi connectivity index (χ4n) is 1.75. The highest BCUT2D eigenvalue weighted by Crippen LogP contribution is 2.17. The lowest BCUT2D eigenvalue weighted by atomic mass is 9.96. The third-order valence-corrected chi connectivity index (χ3v) is 2.69.